The van der Waals surface area contributed by atoms with Gasteiger partial charge in [0.25, 0.3) is 0 Å². The third kappa shape index (κ3) is 8.35. The van der Waals surface area contributed by atoms with E-state index in [4.69, 9.17) is 22.1 Å². The molecule has 0 saturated heterocycles. The first-order valence-electron chi connectivity index (χ1n) is 8.81. The lowest BCUT2D eigenvalue weighted by Gasteiger charge is -2.17. The van der Waals surface area contributed by atoms with Crippen molar-refractivity contribution < 1.29 is 9.53 Å². The Bertz CT molecular complexity index is 784. The molecule has 0 aliphatic heterocycles. The average Bonchev–Trinajstić information content (AvgIpc) is 2.66. The van der Waals surface area contributed by atoms with Gasteiger partial charge in [0, 0.05) is 17.1 Å². The number of aliphatic imine (C=N–C) groups is 1. The molecule has 2 rings (SSSR count). The number of ether oxygens (including phenoxy) is 1. The number of primary amides is 1. The zero-order chi connectivity index (χ0) is 19.6. The van der Waals surface area contributed by atoms with Crippen LogP contribution < -0.4 is 21.1 Å². The summed E-state index contributed by atoms with van der Waals surface area (Å²) in [5.74, 6) is 0.992. The van der Waals surface area contributed by atoms with E-state index in [0.717, 1.165) is 17.9 Å². The van der Waals surface area contributed by atoms with Gasteiger partial charge in [-0.1, -0.05) is 23.7 Å². The molecule has 6 nitrogen and oxygen atoms in total. The van der Waals surface area contributed by atoms with Crippen LogP contribution in [0.2, 0.25) is 5.02 Å². The summed E-state index contributed by atoms with van der Waals surface area (Å²) < 4.78 is 5.85. The van der Waals surface area contributed by atoms with E-state index in [2.05, 4.69) is 15.6 Å². The van der Waals surface area contributed by atoms with Gasteiger partial charge in [0.2, 0.25) is 5.91 Å². The van der Waals surface area contributed by atoms with Crippen LogP contribution in [0.4, 0.5) is 0 Å². The van der Waals surface area contributed by atoms with Crippen LogP contribution in [0.3, 0.4) is 0 Å². The highest BCUT2D eigenvalue weighted by Crippen LogP contribution is 2.16. The number of rotatable bonds is 8. The highest BCUT2D eigenvalue weighted by atomic mass is 127. The second-order valence-electron chi connectivity index (χ2n) is 6.02. The number of nitrogens with two attached hydrogens (primary N) is 1. The van der Waals surface area contributed by atoms with E-state index in [1.807, 2.05) is 32.0 Å². The van der Waals surface area contributed by atoms with E-state index in [1.54, 1.807) is 30.3 Å². The minimum atomic E-state index is -0.445. The molecule has 0 fully saturated rings. The Hall–Kier alpha value is -2.00. The highest BCUT2D eigenvalue weighted by Gasteiger charge is 2.06. The highest BCUT2D eigenvalue weighted by molar-refractivity contribution is 14.0. The molecule has 8 heteroatoms. The van der Waals surface area contributed by atoms with Gasteiger partial charge >= 0.3 is 0 Å². The molecule has 2 aromatic rings. The van der Waals surface area contributed by atoms with Gasteiger partial charge in [-0.15, -0.1) is 24.0 Å². The van der Waals surface area contributed by atoms with Gasteiger partial charge in [-0.2, -0.15) is 0 Å². The zero-order valence-corrected chi connectivity index (χ0v) is 19.0. The fourth-order valence-electron chi connectivity index (χ4n) is 2.36. The Labute approximate surface area is 187 Å². The van der Waals surface area contributed by atoms with Crippen LogP contribution in [-0.2, 0) is 6.54 Å². The predicted octanol–water partition coefficient (Wildman–Crippen LogP) is 3.58. The number of amides is 1. The smallest absolute Gasteiger partial charge is 0.248 e. The van der Waals surface area contributed by atoms with Crippen molar-refractivity contribution in [3.63, 3.8) is 0 Å². The molecular formula is C20H26ClIN4O2. The van der Waals surface area contributed by atoms with Crippen LogP contribution in [0.1, 0.15) is 29.8 Å². The molecule has 1 unspecified atom stereocenters. The van der Waals surface area contributed by atoms with E-state index in [9.17, 15) is 4.79 Å². The lowest BCUT2D eigenvalue weighted by molar-refractivity contribution is 0.1000. The number of hydrogen-bond acceptors (Lipinski definition) is 3. The summed E-state index contributed by atoms with van der Waals surface area (Å²) in [7, 11) is 0. The summed E-state index contributed by atoms with van der Waals surface area (Å²) in [5, 5.41) is 7.12. The topological polar surface area (TPSA) is 88.7 Å². The van der Waals surface area contributed by atoms with Crippen LogP contribution in [-0.4, -0.2) is 31.1 Å². The van der Waals surface area contributed by atoms with Crippen LogP contribution in [0.25, 0.3) is 0 Å². The lowest BCUT2D eigenvalue weighted by Crippen LogP contribution is -2.41. The maximum atomic E-state index is 11.3. The van der Waals surface area contributed by atoms with Crippen molar-refractivity contribution in [3.8, 4) is 5.75 Å². The summed E-state index contributed by atoms with van der Waals surface area (Å²) in [6, 6.07) is 14.4. The Balaban J connectivity index is 0.00000392. The number of carbonyl (C=O) groups is 1. The molecule has 1 amide bonds. The molecule has 0 aliphatic carbocycles. The maximum absolute atomic E-state index is 11.3. The van der Waals surface area contributed by atoms with Gasteiger partial charge < -0.3 is 21.1 Å². The van der Waals surface area contributed by atoms with E-state index >= 15 is 0 Å². The second kappa shape index (κ2) is 12.5. The lowest BCUT2D eigenvalue weighted by atomic mass is 10.1. The Kier molecular flexibility index (Phi) is 10.7. The molecule has 0 saturated carbocycles. The third-order valence-electron chi connectivity index (χ3n) is 3.68. The normalized spacial score (nSPS) is 11.9. The number of carbonyl (C=O) groups excluding carboxylic acids is 1. The number of nitrogens with one attached hydrogen (secondary N) is 2. The van der Waals surface area contributed by atoms with Crippen molar-refractivity contribution in [2.24, 2.45) is 10.7 Å². The molecule has 0 aromatic heterocycles. The van der Waals surface area contributed by atoms with Crippen LogP contribution in [0, 0.1) is 0 Å². The van der Waals surface area contributed by atoms with E-state index in [1.165, 1.54) is 0 Å². The summed E-state index contributed by atoms with van der Waals surface area (Å²) in [6.45, 7) is 5.72. The fourth-order valence-corrected chi connectivity index (χ4v) is 2.49. The SMILES string of the molecule is CCNC(=NCc1cccc(C(N)=O)c1)NCC(C)Oc1ccc(Cl)cc1.I. The van der Waals surface area contributed by atoms with Crippen molar-refractivity contribution in [1.82, 2.24) is 10.6 Å². The molecule has 152 valence electrons. The summed E-state index contributed by atoms with van der Waals surface area (Å²) >= 11 is 5.88. The molecule has 0 radical (unpaired) electrons. The zero-order valence-electron chi connectivity index (χ0n) is 15.9. The van der Waals surface area contributed by atoms with Crippen molar-refractivity contribution in [3.05, 3.63) is 64.7 Å². The molecule has 0 spiro atoms. The second-order valence-corrected chi connectivity index (χ2v) is 6.46. The third-order valence-corrected chi connectivity index (χ3v) is 3.94. The average molecular weight is 517 g/mol. The number of guanidine groups is 1. The number of benzene rings is 2. The predicted molar refractivity (Wildman–Crippen MR) is 125 cm³/mol. The molecule has 0 heterocycles. The quantitative estimate of drug-likeness (QED) is 0.284. The Morgan fingerprint density at radius 3 is 2.57 bits per heavy atom. The first kappa shape index (κ1) is 24.0. The van der Waals surface area contributed by atoms with Crippen molar-refractivity contribution in [2.75, 3.05) is 13.1 Å². The van der Waals surface area contributed by atoms with E-state index in [0.29, 0.717) is 29.6 Å². The van der Waals surface area contributed by atoms with Gasteiger partial charge in [0.05, 0.1) is 13.1 Å². The van der Waals surface area contributed by atoms with Gasteiger partial charge in [-0.05, 0) is 55.8 Å². The molecule has 1 atom stereocenters. The molecule has 0 aliphatic rings. The first-order valence-corrected chi connectivity index (χ1v) is 9.19. The number of nitrogens with zero attached hydrogens (tertiary/aromatic N) is 1. The summed E-state index contributed by atoms with van der Waals surface area (Å²) in [4.78, 5) is 15.8. The fraction of sp³-hybridized carbons (Fsp3) is 0.300. The van der Waals surface area contributed by atoms with Gasteiger partial charge in [0.15, 0.2) is 5.96 Å². The van der Waals surface area contributed by atoms with Crippen molar-refractivity contribution in [1.29, 1.82) is 0 Å². The minimum absolute atomic E-state index is 0. The number of hydrogen-bond donors (Lipinski definition) is 3. The van der Waals surface area contributed by atoms with Gasteiger partial charge in [0.1, 0.15) is 11.9 Å². The minimum Gasteiger partial charge on any atom is -0.489 e. The molecular weight excluding hydrogens is 491 g/mol. The standard InChI is InChI=1S/C20H25ClN4O2.HI/c1-3-23-20(25-13-15-5-4-6-16(11-15)19(22)26)24-12-14(2)27-18-9-7-17(21)8-10-18;/h4-11,14H,3,12-13H2,1-2H3,(H2,22,26)(H2,23,24,25);1H. The van der Waals surface area contributed by atoms with Crippen LogP contribution in [0.5, 0.6) is 5.75 Å². The van der Waals surface area contributed by atoms with Crippen LogP contribution >= 0.6 is 35.6 Å². The molecule has 4 N–H and O–H groups in total. The Morgan fingerprint density at radius 2 is 1.93 bits per heavy atom. The first-order chi connectivity index (χ1) is 13.0. The largest absolute Gasteiger partial charge is 0.489 e. The maximum Gasteiger partial charge on any atom is 0.248 e. The molecule has 2 aromatic carbocycles. The number of halogens is 2. The summed E-state index contributed by atoms with van der Waals surface area (Å²) in [6.07, 6.45) is -0.0618. The van der Waals surface area contributed by atoms with E-state index in [-0.39, 0.29) is 30.1 Å². The van der Waals surface area contributed by atoms with Crippen molar-refractivity contribution >= 4 is 47.4 Å². The van der Waals surface area contributed by atoms with Crippen molar-refractivity contribution in [2.45, 2.75) is 26.5 Å². The molecule has 0 bridgehead atoms. The Morgan fingerprint density at radius 1 is 1.21 bits per heavy atom. The monoisotopic (exact) mass is 516 g/mol. The molecule has 28 heavy (non-hydrogen) atoms. The summed E-state index contributed by atoms with van der Waals surface area (Å²) in [5.41, 5.74) is 6.71. The van der Waals surface area contributed by atoms with Gasteiger partial charge in [-0.3, -0.25) is 4.79 Å². The van der Waals surface area contributed by atoms with E-state index < -0.39 is 5.91 Å². The van der Waals surface area contributed by atoms with Gasteiger partial charge in [-0.25, -0.2) is 4.99 Å². The van der Waals surface area contributed by atoms with Crippen LogP contribution in [0.15, 0.2) is 53.5 Å².